The third-order valence-electron chi connectivity index (χ3n) is 6.06. The Labute approximate surface area is 169 Å². The molecule has 1 N–H and O–H groups in total. The average Bonchev–Trinajstić information content (AvgIpc) is 2.59. The first-order valence-corrected chi connectivity index (χ1v) is 11.4. The Hall–Kier alpha value is -1.00. The van der Waals surface area contributed by atoms with Gasteiger partial charge in [0.05, 0.1) is 11.4 Å². The molecule has 0 unspecified atom stereocenters. The van der Waals surface area contributed by atoms with Gasteiger partial charge < -0.3 is 10.2 Å². The van der Waals surface area contributed by atoms with Crippen LogP contribution in [0.1, 0.15) is 65.9 Å². The van der Waals surface area contributed by atoms with Crippen LogP contribution in [0, 0.1) is 11.3 Å². The molecule has 3 nitrogen and oxygen atoms in total. The second-order valence-electron chi connectivity index (χ2n) is 10.2. The molecule has 3 rings (SSSR count). The first kappa shape index (κ1) is 20.7. The summed E-state index contributed by atoms with van der Waals surface area (Å²) in [6.45, 7) is 15.5. The van der Waals surface area contributed by atoms with Crippen molar-refractivity contribution in [1.82, 2.24) is 4.90 Å². The third-order valence-corrected chi connectivity index (χ3v) is 7.11. The van der Waals surface area contributed by atoms with Crippen LogP contribution in [-0.2, 0) is 10.2 Å². The van der Waals surface area contributed by atoms with Crippen LogP contribution in [0.5, 0.6) is 0 Å². The fourth-order valence-corrected chi connectivity index (χ4v) is 5.20. The highest BCUT2D eigenvalue weighted by atomic mass is 32.2. The molecule has 0 atom stereocenters. The normalized spacial score (nSPS) is 19.7. The van der Waals surface area contributed by atoms with Gasteiger partial charge in [-0.05, 0) is 79.8 Å². The number of rotatable bonds is 5. The summed E-state index contributed by atoms with van der Waals surface area (Å²) in [5.41, 5.74) is 2.96. The lowest BCUT2D eigenvalue weighted by Gasteiger charge is -2.37. The average molecular weight is 389 g/mol. The Bertz CT molecular complexity index is 669. The monoisotopic (exact) mass is 388 g/mol. The number of thioether (sulfide) groups is 1. The van der Waals surface area contributed by atoms with E-state index in [2.05, 4.69) is 63.0 Å². The molecule has 0 radical (unpaired) electrons. The molecule has 1 fully saturated rings. The molecular formula is C23H36N2OS. The van der Waals surface area contributed by atoms with Crippen LogP contribution >= 0.6 is 11.8 Å². The summed E-state index contributed by atoms with van der Waals surface area (Å²) in [6, 6.07) is 6.56. The molecule has 0 aliphatic carbocycles. The van der Waals surface area contributed by atoms with Crippen LogP contribution in [0.4, 0.5) is 5.69 Å². The molecule has 1 aromatic rings. The summed E-state index contributed by atoms with van der Waals surface area (Å²) < 4.78 is 0. The van der Waals surface area contributed by atoms with Crippen LogP contribution in [0.15, 0.2) is 23.1 Å². The number of nitrogens with zero attached hydrogens (tertiary/aromatic N) is 1. The van der Waals surface area contributed by atoms with Crippen molar-refractivity contribution in [2.75, 3.05) is 30.7 Å². The van der Waals surface area contributed by atoms with E-state index in [0.717, 1.165) is 11.6 Å². The van der Waals surface area contributed by atoms with Gasteiger partial charge in [-0.3, -0.25) is 4.79 Å². The number of nitrogens with one attached hydrogen (secondary N) is 1. The Kier molecular flexibility index (Phi) is 6.27. The highest BCUT2D eigenvalue weighted by Gasteiger charge is 2.27. The lowest BCUT2D eigenvalue weighted by Crippen LogP contribution is -2.37. The van der Waals surface area contributed by atoms with Crippen molar-refractivity contribution >= 4 is 23.4 Å². The van der Waals surface area contributed by atoms with Crippen molar-refractivity contribution in [3.05, 3.63) is 23.8 Å². The standard InChI is InChI=1S/C23H36N2OS/c1-22(2,3)15-17-8-11-25(12-9-17)13-10-23(4,5)18-6-7-19-20(14-18)27-16-21(26)24-19/h6-7,14,17H,8-13,15-16H2,1-5H3,(H,24,26). The maximum absolute atomic E-state index is 11.5. The maximum atomic E-state index is 11.5. The number of hydrogen-bond acceptors (Lipinski definition) is 3. The van der Waals surface area contributed by atoms with E-state index in [1.165, 1.54) is 55.8 Å². The summed E-state index contributed by atoms with van der Waals surface area (Å²) in [7, 11) is 0. The van der Waals surface area contributed by atoms with Crippen LogP contribution < -0.4 is 5.32 Å². The molecule has 0 saturated carbocycles. The molecule has 4 heteroatoms. The van der Waals surface area contributed by atoms with Crippen molar-refractivity contribution in [3.8, 4) is 0 Å². The predicted molar refractivity (Wildman–Crippen MR) is 117 cm³/mol. The zero-order valence-electron chi connectivity index (χ0n) is 17.7. The number of likely N-dealkylation sites (tertiary alicyclic amines) is 1. The molecule has 0 spiro atoms. The smallest absolute Gasteiger partial charge is 0.234 e. The maximum Gasteiger partial charge on any atom is 0.234 e. The summed E-state index contributed by atoms with van der Waals surface area (Å²) in [6.07, 6.45) is 5.24. The topological polar surface area (TPSA) is 32.3 Å². The fraction of sp³-hybridized carbons (Fsp3) is 0.696. The molecule has 1 saturated heterocycles. The number of carbonyl (C=O) groups excluding carboxylic acids is 1. The predicted octanol–water partition coefficient (Wildman–Crippen LogP) is 5.55. The molecule has 150 valence electrons. The molecule has 27 heavy (non-hydrogen) atoms. The molecule has 1 amide bonds. The SMILES string of the molecule is CC(C)(C)CC1CCN(CCC(C)(C)c2ccc3c(c2)SCC(=O)N3)CC1. The van der Waals surface area contributed by atoms with Crippen LogP contribution in [0.3, 0.4) is 0 Å². The Balaban J connectivity index is 1.53. The van der Waals surface area contributed by atoms with E-state index < -0.39 is 0 Å². The molecule has 0 aromatic heterocycles. The zero-order chi connectivity index (χ0) is 19.7. The van der Waals surface area contributed by atoms with Crippen molar-refractivity contribution in [1.29, 1.82) is 0 Å². The Morgan fingerprint density at radius 3 is 2.52 bits per heavy atom. The Morgan fingerprint density at radius 1 is 1.15 bits per heavy atom. The highest BCUT2D eigenvalue weighted by molar-refractivity contribution is 8.00. The van der Waals surface area contributed by atoms with Crippen molar-refractivity contribution in [3.63, 3.8) is 0 Å². The van der Waals surface area contributed by atoms with Gasteiger partial charge in [-0.15, -0.1) is 11.8 Å². The van der Waals surface area contributed by atoms with Gasteiger partial charge in [0.25, 0.3) is 0 Å². The van der Waals surface area contributed by atoms with E-state index in [1.807, 2.05) is 0 Å². The van der Waals surface area contributed by atoms with E-state index in [-0.39, 0.29) is 11.3 Å². The van der Waals surface area contributed by atoms with E-state index in [1.54, 1.807) is 11.8 Å². The zero-order valence-corrected chi connectivity index (χ0v) is 18.5. The van der Waals surface area contributed by atoms with Crippen molar-refractivity contribution < 1.29 is 4.79 Å². The minimum atomic E-state index is 0.106. The largest absolute Gasteiger partial charge is 0.324 e. The number of anilines is 1. The minimum absolute atomic E-state index is 0.106. The molecule has 2 heterocycles. The van der Waals surface area contributed by atoms with Crippen molar-refractivity contribution in [2.45, 2.75) is 70.6 Å². The number of amides is 1. The number of fused-ring (bicyclic) bond motifs is 1. The van der Waals surface area contributed by atoms with E-state index in [9.17, 15) is 4.79 Å². The fourth-order valence-electron chi connectivity index (χ4n) is 4.36. The number of hydrogen-bond donors (Lipinski definition) is 1. The lowest BCUT2D eigenvalue weighted by molar-refractivity contribution is -0.113. The second kappa shape index (κ2) is 8.16. The summed E-state index contributed by atoms with van der Waals surface area (Å²) in [5, 5.41) is 2.97. The van der Waals surface area contributed by atoms with Crippen LogP contribution in [-0.4, -0.2) is 36.2 Å². The molecular weight excluding hydrogens is 352 g/mol. The number of piperidine rings is 1. The van der Waals surface area contributed by atoms with Gasteiger partial charge in [0.15, 0.2) is 0 Å². The van der Waals surface area contributed by atoms with Crippen molar-refractivity contribution in [2.24, 2.45) is 11.3 Å². The molecule has 2 aliphatic heterocycles. The van der Waals surface area contributed by atoms with E-state index >= 15 is 0 Å². The van der Waals surface area contributed by atoms with Gasteiger partial charge in [0.2, 0.25) is 5.91 Å². The van der Waals surface area contributed by atoms with E-state index in [0.29, 0.717) is 11.2 Å². The summed E-state index contributed by atoms with van der Waals surface area (Å²) in [4.78, 5) is 15.4. The molecule has 2 aliphatic rings. The van der Waals surface area contributed by atoms with Gasteiger partial charge in [-0.25, -0.2) is 0 Å². The third kappa shape index (κ3) is 5.74. The van der Waals surface area contributed by atoms with Gasteiger partial charge >= 0.3 is 0 Å². The number of carbonyl (C=O) groups is 1. The van der Waals surface area contributed by atoms with E-state index in [4.69, 9.17) is 0 Å². The lowest BCUT2D eigenvalue weighted by atomic mass is 9.79. The first-order valence-electron chi connectivity index (χ1n) is 10.4. The summed E-state index contributed by atoms with van der Waals surface area (Å²) >= 11 is 1.66. The highest BCUT2D eigenvalue weighted by Crippen LogP contribution is 2.37. The van der Waals surface area contributed by atoms with Gasteiger partial charge in [0.1, 0.15) is 0 Å². The van der Waals surface area contributed by atoms with Gasteiger partial charge in [0, 0.05) is 4.90 Å². The first-order chi connectivity index (χ1) is 12.6. The second-order valence-corrected chi connectivity index (χ2v) is 11.2. The minimum Gasteiger partial charge on any atom is -0.324 e. The summed E-state index contributed by atoms with van der Waals surface area (Å²) in [5.74, 6) is 1.54. The molecule has 0 bridgehead atoms. The van der Waals surface area contributed by atoms with Gasteiger partial charge in [-0.1, -0.05) is 40.7 Å². The van der Waals surface area contributed by atoms with Gasteiger partial charge in [-0.2, -0.15) is 0 Å². The number of benzene rings is 1. The van der Waals surface area contributed by atoms with Crippen LogP contribution in [0.2, 0.25) is 0 Å². The Morgan fingerprint density at radius 2 is 1.85 bits per heavy atom. The van der Waals surface area contributed by atoms with Crippen LogP contribution in [0.25, 0.3) is 0 Å². The molecule has 1 aromatic carbocycles. The quantitative estimate of drug-likeness (QED) is 0.718.